The van der Waals surface area contributed by atoms with Crippen molar-refractivity contribution in [2.75, 3.05) is 7.11 Å². The van der Waals surface area contributed by atoms with Crippen molar-refractivity contribution in [1.82, 2.24) is 0 Å². The van der Waals surface area contributed by atoms with Gasteiger partial charge in [-0.15, -0.1) is 0 Å². The summed E-state index contributed by atoms with van der Waals surface area (Å²) in [4.78, 5) is 12.2. The fourth-order valence-corrected chi connectivity index (χ4v) is 2.30. The highest BCUT2D eigenvalue weighted by Crippen LogP contribution is 2.28. The Bertz CT molecular complexity index is 945. The lowest BCUT2D eigenvalue weighted by atomic mass is 10.1. The van der Waals surface area contributed by atoms with Crippen molar-refractivity contribution in [3.8, 4) is 11.8 Å². The largest absolute Gasteiger partial charge is 0.493 e. The van der Waals surface area contributed by atoms with Gasteiger partial charge in [0.15, 0.2) is 17.1 Å². The van der Waals surface area contributed by atoms with Gasteiger partial charge in [-0.05, 0) is 36.4 Å². The molecule has 0 aliphatic rings. The molecule has 4 heteroatoms. The molecular formula is C19H13NO3. The Labute approximate surface area is 133 Å². The molecule has 0 bridgehead atoms. The lowest BCUT2D eigenvalue weighted by Crippen LogP contribution is -1.94. The number of ether oxygens (including phenoxy) is 1. The van der Waals surface area contributed by atoms with Crippen molar-refractivity contribution < 1.29 is 13.9 Å². The molecule has 2 aromatic carbocycles. The summed E-state index contributed by atoms with van der Waals surface area (Å²) < 4.78 is 11.0. The first-order valence-corrected chi connectivity index (χ1v) is 7.00. The second-order valence-corrected chi connectivity index (χ2v) is 4.92. The Balaban J connectivity index is 1.87. The van der Waals surface area contributed by atoms with Gasteiger partial charge in [-0.3, -0.25) is 4.79 Å². The van der Waals surface area contributed by atoms with Crippen LogP contribution in [0, 0.1) is 11.3 Å². The summed E-state index contributed by atoms with van der Waals surface area (Å²) in [5, 5.41) is 9.78. The predicted molar refractivity (Wildman–Crippen MR) is 87.3 cm³/mol. The highest BCUT2D eigenvalue weighted by Gasteiger charge is 2.08. The zero-order valence-corrected chi connectivity index (χ0v) is 12.4. The van der Waals surface area contributed by atoms with Crippen LogP contribution in [0.1, 0.15) is 21.7 Å². The molecule has 0 amide bonds. The SMILES string of the molecule is COc1cccc2cc(/C=C/C(=O)c3cccc(C#N)c3)oc12. The number of rotatable bonds is 4. The number of carbonyl (C=O) groups is 1. The molecule has 23 heavy (non-hydrogen) atoms. The van der Waals surface area contributed by atoms with Gasteiger partial charge in [-0.1, -0.05) is 24.3 Å². The smallest absolute Gasteiger partial charge is 0.186 e. The van der Waals surface area contributed by atoms with Crippen LogP contribution in [0.2, 0.25) is 0 Å². The van der Waals surface area contributed by atoms with Gasteiger partial charge in [0.2, 0.25) is 0 Å². The summed E-state index contributed by atoms with van der Waals surface area (Å²) in [5.74, 6) is 1.03. The van der Waals surface area contributed by atoms with E-state index in [4.69, 9.17) is 14.4 Å². The number of furan rings is 1. The third-order valence-corrected chi connectivity index (χ3v) is 3.42. The first-order valence-electron chi connectivity index (χ1n) is 7.00. The predicted octanol–water partition coefficient (Wildman–Crippen LogP) is 4.21. The van der Waals surface area contributed by atoms with Crippen LogP contribution >= 0.6 is 0 Å². The summed E-state index contributed by atoms with van der Waals surface area (Å²) in [6, 6.07) is 16.1. The quantitative estimate of drug-likeness (QED) is 0.535. The average molecular weight is 303 g/mol. The van der Waals surface area contributed by atoms with Gasteiger partial charge in [-0.2, -0.15) is 5.26 Å². The monoisotopic (exact) mass is 303 g/mol. The fourth-order valence-electron chi connectivity index (χ4n) is 2.30. The number of benzene rings is 2. The minimum absolute atomic E-state index is 0.186. The molecule has 0 spiro atoms. The maximum absolute atomic E-state index is 12.2. The zero-order chi connectivity index (χ0) is 16.2. The number of methoxy groups -OCH3 is 1. The van der Waals surface area contributed by atoms with Gasteiger partial charge >= 0.3 is 0 Å². The van der Waals surface area contributed by atoms with Crippen LogP contribution in [0.25, 0.3) is 17.0 Å². The molecule has 3 aromatic rings. The van der Waals surface area contributed by atoms with Crippen molar-refractivity contribution in [2.24, 2.45) is 0 Å². The molecule has 1 heterocycles. The van der Waals surface area contributed by atoms with E-state index in [0.29, 0.717) is 28.2 Å². The number of allylic oxidation sites excluding steroid dienone is 1. The van der Waals surface area contributed by atoms with E-state index >= 15 is 0 Å². The van der Waals surface area contributed by atoms with Gasteiger partial charge in [0, 0.05) is 10.9 Å². The minimum atomic E-state index is -0.186. The second-order valence-electron chi connectivity index (χ2n) is 4.92. The summed E-state index contributed by atoms with van der Waals surface area (Å²) >= 11 is 0. The first kappa shape index (κ1) is 14.6. The topological polar surface area (TPSA) is 63.2 Å². The van der Waals surface area contributed by atoms with Crippen molar-refractivity contribution in [2.45, 2.75) is 0 Å². The highest BCUT2D eigenvalue weighted by atomic mass is 16.5. The normalized spacial score (nSPS) is 10.8. The molecule has 0 N–H and O–H groups in total. The lowest BCUT2D eigenvalue weighted by molar-refractivity contribution is 0.104. The summed E-state index contributed by atoms with van der Waals surface area (Å²) in [6.45, 7) is 0. The minimum Gasteiger partial charge on any atom is -0.493 e. The average Bonchev–Trinajstić information content (AvgIpc) is 3.02. The van der Waals surface area contributed by atoms with Crippen LogP contribution in [0.15, 0.2) is 59.0 Å². The van der Waals surface area contributed by atoms with Crippen LogP contribution in [0.5, 0.6) is 5.75 Å². The number of hydrogen-bond donors (Lipinski definition) is 0. The number of hydrogen-bond acceptors (Lipinski definition) is 4. The van der Waals surface area contributed by atoms with Crippen LogP contribution in [0.3, 0.4) is 0 Å². The fraction of sp³-hybridized carbons (Fsp3) is 0.0526. The molecule has 0 fully saturated rings. The third-order valence-electron chi connectivity index (χ3n) is 3.42. The van der Waals surface area contributed by atoms with Gasteiger partial charge in [0.1, 0.15) is 5.76 Å². The van der Waals surface area contributed by atoms with Crippen molar-refractivity contribution >= 4 is 22.8 Å². The highest BCUT2D eigenvalue weighted by molar-refractivity contribution is 6.07. The van der Waals surface area contributed by atoms with E-state index in [1.54, 1.807) is 37.5 Å². The molecule has 0 saturated carbocycles. The Kier molecular flexibility index (Phi) is 3.94. The second kappa shape index (κ2) is 6.20. The molecule has 4 nitrogen and oxygen atoms in total. The standard InChI is InChI=1S/C19H13NO3/c1-22-18-7-3-6-15-11-16(23-19(15)18)8-9-17(21)14-5-2-4-13(10-14)12-20/h2-11H,1H3/b9-8+. The molecule has 0 unspecified atom stereocenters. The third kappa shape index (κ3) is 2.99. The van der Waals surface area contributed by atoms with E-state index in [-0.39, 0.29) is 5.78 Å². The van der Waals surface area contributed by atoms with Crippen LogP contribution in [-0.2, 0) is 0 Å². The Hall–Kier alpha value is -3.32. The molecule has 112 valence electrons. The number of fused-ring (bicyclic) bond motifs is 1. The zero-order valence-electron chi connectivity index (χ0n) is 12.4. The Morgan fingerprint density at radius 3 is 2.83 bits per heavy atom. The number of nitrogens with zero attached hydrogens (tertiary/aromatic N) is 1. The number of nitriles is 1. The lowest BCUT2D eigenvalue weighted by Gasteiger charge is -1.98. The van der Waals surface area contributed by atoms with E-state index in [1.807, 2.05) is 30.3 Å². The van der Waals surface area contributed by atoms with Crippen molar-refractivity contribution in [1.29, 1.82) is 5.26 Å². The maximum Gasteiger partial charge on any atom is 0.186 e. The van der Waals surface area contributed by atoms with Crippen LogP contribution in [0.4, 0.5) is 0 Å². The molecule has 0 aliphatic heterocycles. The first-order chi connectivity index (χ1) is 11.2. The molecular weight excluding hydrogens is 290 g/mol. The molecule has 0 aliphatic carbocycles. The van der Waals surface area contributed by atoms with E-state index in [9.17, 15) is 4.79 Å². The molecule has 0 atom stereocenters. The van der Waals surface area contributed by atoms with Crippen molar-refractivity contribution in [3.05, 3.63) is 71.5 Å². The van der Waals surface area contributed by atoms with E-state index < -0.39 is 0 Å². The maximum atomic E-state index is 12.2. The van der Waals surface area contributed by atoms with E-state index in [1.165, 1.54) is 6.08 Å². The number of ketones is 1. The Morgan fingerprint density at radius 1 is 1.22 bits per heavy atom. The van der Waals surface area contributed by atoms with Gasteiger partial charge in [-0.25, -0.2) is 0 Å². The van der Waals surface area contributed by atoms with Gasteiger partial charge < -0.3 is 9.15 Å². The number of carbonyl (C=O) groups excluding carboxylic acids is 1. The Morgan fingerprint density at radius 2 is 2.04 bits per heavy atom. The summed E-state index contributed by atoms with van der Waals surface area (Å²) in [6.07, 6.45) is 3.04. The van der Waals surface area contributed by atoms with Gasteiger partial charge in [0.05, 0.1) is 18.7 Å². The van der Waals surface area contributed by atoms with E-state index in [2.05, 4.69) is 0 Å². The van der Waals surface area contributed by atoms with Gasteiger partial charge in [0.25, 0.3) is 0 Å². The molecule has 1 aromatic heterocycles. The summed E-state index contributed by atoms with van der Waals surface area (Å²) in [5.41, 5.74) is 1.57. The number of para-hydroxylation sites is 1. The van der Waals surface area contributed by atoms with E-state index in [0.717, 1.165) is 5.39 Å². The van der Waals surface area contributed by atoms with Crippen molar-refractivity contribution in [3.63, 3.8) is 0 Å². The molecule has 0 saturated heterocycles. The van der Waals surface area contributed by atoms with Crippen LogP contribution < -0.4 is 4.74 Å². The molecule has 0 radical (unpaired) electrons. The van der Waals surface area contributed by atoms with Crippen LogP contribution in [-0.4, -0.2) is 12.9 Å². The molecule has 3 rings (SSSR count). The summed E-state index contributed by atoms with van der Waals surface area (Å²) in [7, 11) is 1.58.